The molecule has 0 spiro atoms. The van der Waals surface area contributed by atoms with Crippen molar-refractivity contribution in [1.82, 2.24) is 25.9 Å². The Hall–Kier alpha value is -2.64. The number of aromatic amines is 1. The van der Waals surface area contributed by atoms with Crippen molar-refractivity contribution >= 4 is 35.5 Å². The maximum atomic E-state index is 12.9. The minimum absolute atomic E-state index is 0.0389. The highest BCUT2D eigenvalue weighted by atomic mass is 32.2. The molecular formula is C20H34N6O6S. The largest absolute Gasteiger partial charge is 0.480 e. The lowest BCUT2D eigenvalue weighted by Gasteiger charge is -2.25. The summed E-state index contributed by atoms with van der Waals surface area (Å²) in [4.78, 5) is 56.1. The van der Waals surface area contributed by atoms with Gasteiger partial charge in [0, 0.05) is 18.3 Å². The fourth-order valence-electron chi connectivity index (χ4n) is 2.88. The van der Waals surface area contributed by atoms with Crippen molar-refractivity contribution in [3.63, 3.8) is 0 Å². The second-order valence-corrected chi connectivity index (χ2v) is 8.67. The number of thioether (sulfide) groups is 1. The maximum Gasteiger partial charge on any atom is 0.326 e. The van der Waals surface area contributed by atoms with Crippen molar-refractivity contribution in [2.45, 2.75) is 57.3 Å². The first kappa shape index (κ1) is 28.4. The first-order valence-electron chi connectivity index (χ1n) is 10.6. The van der Waals surface area contributed by atoms with Crippen molar-refractivity contribution in [2.24, 2.45) is 11.7 Å². The zero-order valence-corrected chi connectivity index (χ0v) is 19.9. The van der Waals surface area contributed by atoms with E-state index in [1.807, 2.05) is 6.26 Å². The summed E-state index contributed by atoms with van der Waals surface area (Å²) in [5.74, 6) is -3.03. The van der Waals surface area contributed by atoms with Gasteiger partial charge in [0.05, 0.1) is 19.0 Å². The standard InChI is InChI=1S/C20H34N6O6S/c1-4-11(2)16(20(31)32)26-19(30)15(9-27)25-18(29)14(7-12-8-22-10-23-12)24-17(28)13(21)5-6-33-3/h8,10-11,13-16,27H,4-7,9,21H2,1-3H3,(H,22,23)(H,24,28)(H,25,29)(H,26,30)(H,31,32). The Labute approximate surface area is 196 Å². The molecule has 0 radical (unpaired) electrons. The lowest BCUT2D eigenvalue weighted by molar-refractivity contribution is -0.144. The summed E-state index contributed by atoms with van der Waals surface area (Å²) in [6, 6.07) is -4.51. The third-order valence-electron chi connectivity index (χ3n) is 5.17. The molecule has 1 heterocycles. The summed E-state index contributed by atoms with van der Waals surface area (Å²) in [6.07, 6.45) is 5.75. The maximum absolute atomic E-state index is 12.9. The molecule has 5 unspecified atom stereocenters. The van der Waals surface area contributed by atoms with E-state index in [2.05, 4.69) is 25.9 Å². The van der Waals surface area contributed by atoms with E-state index in [-0.39, 0.29) is 12.3 Å². The number of carboxylic acid groups (broad SMARTS) is 1. The van der Waals surface area contributed by atoms with Gasteiger partial charge in [-0.25, -0.2) is 9.78 Å². The highest BCUT2D eigenvalue weighted by Crippen LogP contribution is 2.08. The molecule has 0 fully saturated rings. The van der Waals surface area contributed by atoms with Crippen LogP contribution in [0.3, 0.4) is 0 Å². The smallest absolute Gasteiger partial charge is 0.326 e. The fourth-order valence-corrected chi connectivity index (χ4v) is 3.37. The zero-order chi connectivity index (χ0) is 25.0. The second kappa shape index (κ2) is 14.5. The summed E-state index contributed by atoms with van der Waals surface area (Å²) in [6.45, 7) is 2.69. The molecule has 0 bridgehead atoms. The molecule has 0 aliphatic heterocycles. The topological polar surface area (TPSA) is 200 Å². The van der Waals surface area contributed by atoms with E-state index in [9.17, 15) is 29.4 Å². The summed E-state index contributed by atoms with van der Waals surface area (Å²) < 4.78 is 0. The van der Waals surface area contributed by atoms with Gasteiger partial charge >= 0.3 is 5.97 Å². The molecule has 1 aromatic heterocycles. The first-order valence-corrected chi connectivity index (χ1v) is 12.0. The lowest BCUT2D eigenvalue weighted by Crippen LogP contribution is -2.59. The third kappa shape index (κ3) is 9.40. The van der Waals surface area contributed by atoms with Gasteiger partial charge in [0.1, 0.15) is 18.1 Å². The van der Waals surface area contributed by atoms with Crippen LogP contribution in [-0.4, -0.2) is 86.7 Å². The SMILES string of the molecule is CCC(C)C(NC(=O)C(CO)NC(=O)C(Cc1cnc[nH]1)NC(=O)C(N)CCSC)C(=O)O. The van der Waals surface area contributed by atoms with E-state index in [1.165, 1.54) is 24.3 Å². The van der Waals surface area contributed by atoms with Crippen LogP contribution in [-0.2, 0) is 25.6 Å². The van der Waals surface area contributed by atoms with Crippen LogP contribution in [0.25, 0.3) is 0 Å². The van der Waals surface area contributed by atoms with Crippen molar-refractivity contribution in [2.75, 3.05) is 18.6 Å². The number of carboxylic acids is 1. The number of H-pyrrole nitrogens is 1. The van der Waals surface area contributed by atoms with Gasteiger partial charge in [-0.15, -0.1) is 0 Å². The summed E-state index contributed by atoms with van der Waals surface area (Å²) in [5, 5.41) is 26.3. The number of rotatable bonds is 15. The van der Waals surface area contributed by atoms with Gasteiger partial charge in [-0.1, -0.05) is 20.3 Å². The number of carbonyl (C=O) groups excluding carboxylic acids is 3. The molecule has 33 heavy (non-hydrogen) atoms. The molecule has 0 saturated heterocycles. The van der Waals surface area contributed by atoms with Crippen LogP contribution in [0.4, 0.5) is 0 Å². The van der Waals surface area contributed by atoms with E-state index >= 15 is 0 Å². The molecule has 3 amide bonds. The molecule has 1 rings (SSSR count). The number of aromatic nitrogens is 2. The number of nitrogens with two attached hydrogens (primary N) is 1. The van der Waals surface area contributed by atoms with Crippen LogP contribution in [0.5, 0.6) is 0 Å². The molecule has 12 nitrogen and oxygen atoms in total. The van der Waals surface area contributed by atoms with Crippen molar-refractivity contribution in [3.8, 4) is 0 Å². The number of aliphatic hydroxyl groups is 1. The predicted molar refractivity (Wildman–Crippen MR) is 123 cm³/mol. The average Bonchev–Trinajstić information content (AvgIpc) is 3.30. The molecular weight excluding hydrogens is 452 g/mol. The van der Waals surface area contributed by atoms with Crippen LogP contribution in [0.15, 0.2) is 12.5 Å². The Morgan fingerprint density at radius 3 is 2.30 bits per heavy atom. The number of nitrogens with zero attached hydrogens (tertiary/aromatic N) is 1. The number of imidazole rings is 1. The van der Waals surface area contributed by atoms with E-state index in [0.29, 0.717) is 24.3 Å². The number of aliphatic hydroxyl groups excluding tert-OH is 1. The Bertz CT molecular complexity index is 777. The lowest BCUT2D eigenvalue weighted by atomic mass is 9.99. The molecule has 186 valence electrons. The number of amides is 3. The molecule has 0 saturated carbocycles. The van der Waals surface area contributed by atoms with Crippen LogP contribution >= 0.6 is 11.8 Å². The van der Waals surface area contributed by atoms with Crippen molar-refractivity contribution < 1.29 is 29.4 Å². The molecule has 0 aliphatic rings. The first-order chi connectivity index (χ1) is 15.6. The molecule has 1 aromatic rings. The molecule has 13 heteroatoms. The number of hydrogen-bond donors (Lipinski definition) is 7. The Balaban J connectivity index is 2.92. The average molecular weight is 487 g/mol. The van der Waals surface area contributed by atoms with Gasteiger partial charge in [0.2, 0.25) is 17.7 Å². The predicted octanol–water partition coefficient (Wildman–Crippen LogP) is -1.39. The van der Waals surface area contributed by atoms with E-state index in [4.69, 9.17) is 5.73 Å². The number of nitrogens with one attached hydrogen (secondary N) is 4. The van der Waals surface area contributed by atoms with Gasteiger partial charge in [-0.05, 0) is 24.3 Å². The number of aliphatic carboxylic acids is 1. The van der Waals surface area contributed by atoms with Crippen LogP contribution < -0.4 is 21.7 Å². The van der Waals surface area contributed by atoms with Crippen molar-refractivity contribution in [3.05, 3.63) is 18.2 Å². The molecule has 8 N–H and O–H groups in total. The van der Waals surface area contributed by atoms with Gasteiger partial charge in [-0.2, -0.15) is 11.8 Å². The Kier molecular flexibility index (Phi) is 12.5. The third-order valence-corrected chi connectivity index (χ3v) is 5.82. The highest BCUT2D eigenvalue weighted by molar-refractivity contribution is 7.98. The van der Waals surface area contributed by atoms with Crippen molar-refractivity contribution in [1.29, 1.82) is 0 Å². The summed E-state index contributed by atoms with van der Waals surface area (Å²) >= 11 is 1.53. The summed E-state index contributed by atoms with van der Waals surface area (Å²) in [5.41, 5.74) is 6.44. The van der Waals surface area contributed by atoms with Gasteiger partial charge < -0.3 is 36.9 Å². The van der Waals surface area contributed by atoms with Crippen LogP contribution in [0, 0.1) is 5.92 Å². The van der Waals surface area contributed by atoms with Gasteiger partial charge in [0.25, 0.3) is 0 Å². The minimum atomic E-state index is -1.41. The van der Waals surface area contributed by atoms with Crippen LogP contribution in [0.1, 0.15) is 32.4 Å². The van der Waals surface area contributed by atoms with E-state index < -0.39 is 54.5 Å². The molecule has 0 aliphatic carbocycles. The quantitative estimate of drug-likeness (QED) is 0.156. The normalized spacial score (nSPS) is 15.5. The van der Waals surface area contributed by atoms with Crippen LogP contribution in [0.2, 0.25) is 0 Å². The highest BCUT2D eigenvalue weighted by Gasteiger charge is 2.31. The summed E-state index contributed by atoms with van der Waals surface area (Å²) in [7, 11) is 0. The van der Waals surface area contributed by atoms with E-state index in [0.717, 1.165) is 0 Å². The fraction of sp³-hybridized carbons (Fsp3) is 0.650. The van der Waals surface area contributed by atoms with Gasteiger partial charge in [0.15, 0.2) is 0 Å². The Morgan fingerprint density at radius 1 is 1.15 bits per heavy atom. The number of carbonyl (C=O) groups is 4. The Morgan fingerprint density at radius 2 is 1.79 bits per heavy atom. The van der Waals surface area contributed by atoms with Gasteiger partial charge in [-0.3, -0.25) is 14.4 Å². The minimum Gasteiger partial charge on any atom is -0.480 e. The monoisotopic (exact) mass is 486 g/mol. The molecule has 5 atom stereocenters. The number of hydrogen-bond acceptors (Lipinski definition) is 8. The molecule has 0 aromatic carbocycles. The van der Waals surface area contributed by atoms with E-state index in [1.54, 1.807) is 13.8 Å². The zero-order valence-electron chi connectivity index (χ0n) is 19.0. The second-order valence-electron chi connectivity index (χ2n) is 7.68.